The van der Waals surface area contributed by atoms with E-state index in [1.165, 1.54) is 12.1 Å². The van der Waals surface area contributed by atoms with E-state index in [1.807, 2.05) is 6.07 Å². The van der Waals surface area contributed by atoms with Crippen molar-refractivity contribution >= 4 is 39.5 Å². The van der Waals surface area contributed by atoms with Gasteiger partial charge in [0.05, 0.1) is 9.50 Å². The fourth-order valence-electron chi connectivity index (χ4n) is 1.32. The van der Waals surface area contributed by atoms with Crippen LogP contribution in [0.1, 0.15) is 19.4 Å². The quantitative estimate of drug-likeness (QED) is 0.653. The van der Waals surface area contributed by atoms with E-state index >= 15 is 0 Å². The molecule has 0 spiro atoms. The van der Waals surface area contributed by atoms with Gasteiger partial charge in [-0.25, -0.2) is 0 Å². The molecule has 1 aromatic rings. The number of halogens is 2. The summed E-state index contributed by atoms with van der Waals surface area (Å²) in [6.45, 7) is 3.61. The Hall–Kier alpha value is -1.51. The maximum atomic E-state index is 11.7. The first kappa shape index (κ1) is 15.5. The maximum absolute atomic E-state index is 11.7. The summed E-state index contributed by atoms with van der Waals surface area (Å²) in [7, 11) is 0. The van der Waals surface area contributed by atoms with E-state index in [1.54, 1.807) is 19.9 Å². The Bertz CT molecular complexity index is 553. The Morgan fingerprint density at radius 2 is 2.21 bits per heavy atom. The number of phenols is 1. The number of hydrogen-bond acceptors (Lipinski definition) is 3. The highest BCUT2D eigenvalue weighted by molar-refractivity contribution is 9.10. The van der Waals surface area contributed by atoms with Crippen molar-refractivity contribution in [3.63, 3.8) is 0 Å². The highest BCUT2D eigenvalue weighted by Crippen LogP contribution is 2.33. The predicted octanol–water partition coefficient (Wildman–Crippen LogP) is 3.24. The fourth-order valence-corrected chi connectivity index (χ4v) is 2.14. The Labute approximate surface area is 124 Å². The molecule has 0 aliphatic heterocycles. The van der Waals surface area contributed by atoms with Gasteiger partial charge in [-0.05, 0) is 53.5 Å². The van der Waals surface area contributed by atoms with Crippen LogP contribution in [-0.4, -0.2) is 17.1 Å². The molecule has 0 aliphatic rings. The zero-order valence-corrected chi connectivity index (χ0v) is 12.7. The molecule has 0 unspecified atom stereocenters. The van der Waals surface area contributed by atoms with Gasteiger partial charge in [-0.1, -0.05) is 11.6 Å². The fraction of sp³-hybridized carbons (Fsp3) is 0.231. The lowest BCUT2D eigenvalue weighted by molar-refractivity contribution is -0.117. The molecule has 0 fully saturated rings. The monoisotopic (exact) mass is 342 g/mol. The Morgan fingerprint density at radius 1 is 1.58 bits per heavy atom. The molecular formula is C13H12BrClN2O2. The van der Waals surface area contributed by atoms with Crippen molar-refractivity contribution in [2.45, 2.75) is 19.9 Å². The molecule has 4 nitrogen and oxygen atoms in total. The first-order chi connectivity index (χ1) is 8.85. The van der Waals surface area contributed by atoms with Gasteiger partial charge in [0.2, 0.25) is 0 Å². The van der Waals surface area contributed by atoms with Crippen LogP contribution in [-0.2, 0) is 4.79 Å². The summed E-state index contributed by atoms with van der Waals surface area (Å²) in [6, 6.07) is 4.83. The molecule has 1 amide bonds. The number of rotatable bonds is 3. The first-order valence-electron chi connectivity index (χ1n) is 5.45. The number of phenolic OH excluding ortho intramolecular Hbond substituents is 1. The van der Waals surface area contributed by atoms with Gasteiger partial charge >= 0.3 is 0 Å². The summed E-state index contributed by atoms with van der Waals surface area (Å²) in [4.78, 5) is 11.7. The van der Waals surface area contributed by atoms with Crippen LogP contribution in [0.3, 0.4) is 0 Å². The van der Waals surface area contributed by atoms with Gasteiger partial charge < -0.3 is 10.4 Å². The molecule has 0 saturated carbocycles. The molecule has 0 heterocycles. The molecule has 0 aliphatic carbocycles. The van der Waals surface area contributed by atoms with Gasteiger partial charge in [0.25, 0.3) is 5.91 Å². The second-order valence-corrected chi connectivity index (χ2v) is 5.39. The number of amides is 1. The van der Waals surface area contributed by atoms with E-state index in [0.29, 0.717) is 10.0 Å². The largest absolute Gasteiger partial charge is 0.505 e. The van der Waals surface area contributed by atoms with Gasteiger partial charge in [-0.15, -0.1) is 0 Å². The van der Waals surface area contributed by atoms with E-state index in [4.69, 9.17) is 16.9 Å². The smallest absolute Gasteiger partial charge is 0.262 e. The summed E-state index contributed by atoms with van der Waals surface area (Å²) in [5.41, 5.74) is 0.521. The summed E-state index contributed by atoms with van der Waals surface area (Å²) < 4.78 is 0.396. The second kappa shape index (κ2) is 6.60. The number of aromatic hydroxyl groups is 1. The molecule has 100 valence electrons. The molecule has 0 aromatic heterocycles. The number of nitriles is 1. The lowest BCUT2D eigenvalue weighted by Gasteiger charge is -2.07. The van der Waals surface area contributed by atoms with E-state index < -0.39 is 5.91 Å². The summed E-state index contributed by atoms with van der Waals surface area (Å²) in [6.07, 6.45) is 1.41. The SMILES string of the molecule is CC(C)NC(=O)/C(C#N)=C\c1cc(Cl)c(O)c(Br)c1. The minimum atomic E-state index is -0.446. The van der Waals surface area contributed by atoms with Crippen molar-refractivity contribution in [1.29, 1.82) is 5.26 Å². The first-order valence-corrected chi connectivity index (χ1v) is 6.63. The van der Waals surface area contributed by atoms with Gasteiger partial charge in [0.1, 0.15) is 17.4 Å². The molecule has 2 N–H and O–H groups in total. The Morgan fingerprint density at radius 3 is 2.68 bits per heavy atom. The van der Waals surface area contributed by atoms with Crippen molar-refractivity contribution in [2.75, 3.05) is 0 Å². The maximum Gasteiger partial charge on any atom is 0.262 e. The summed E-state index contributed by atoms with van der Waals surface area (Å²) in [5, 5.41) is 21.3. The normalized spacial score (nSPS) is 11.3. The van der Waals surface area contributed by atoms with E-state index in [9.17, 15) is 9.90 Å². The number of carbonyl (C=O) groups excluding carboxylic acids is 1. The van der Waals surface area contributed by atoms with E-state index in [0.717, 1.165) is 0 Å². The lowest BCUT2D eigenvalue weighted by atomic mass is 10.1. The van der Waals surface area contributed by atoms with E-state index in [-0.39, 0.29) is 22.4 Å². The van der Waals surface area contributed by atoms with Crippen LogP contribution >= 0.6 is 27.5 Å². The third-order valence-electron chi connectivity index (χ3n) is 2.14. The molecule has 19 heavy (non-hydrogen) atoms. The summed E-state index contributed by atoms with van der Waals surface area (Å²) in [5.74, 6) is -0.526. The zero-order valence-electron chi connectivity index (χ0n) is 10.4. The predicted molar refractivity (Wildman–Crippen MR) is 77.7 cm³/mol. The van der Waals surface area contributed by atoms with Crippen molar-refractivity contribution in [3.05, 3.63) is 32.8 Å². The van der Waals surface area contributed by atoms with Crippen molar-refractivity contribution < 1.29 is 9.90 Å². The zero-order chi connectivity index (χ0) is 14.6. The molecule has 0 saturated heterocycles. The standard InChI is InChI=1S/C13H12BrClN2O2/c1-7(2)17-13(19)9(6-16)3-8-4-10(14)12(18)11(15)5-8/h3-5,7,18H,1-2H3,(H,17,19)/b9-3-. The number of hydrogen-bond donors (Lipinski definition) is 2. The van der Waals surface area contributed by atoms with Crippen LogP contribution in [0.2, 0.25) is 5.02 Å². The van der Waals surface area contributed by atoms with Crippen LogP contribution in [0.5, 0.6) is 5.75 Å². The molecular weight excluding hydrogens is 332 g/mol. The van der Waals surface area contributed by atoms with Gasteiger partial charge in [0.15, 0.2) is 0 Å². The van der Waals surface area contributed by atoms with Crippen LogP contribution in [0.25, 0.3) is 6.08 Å². The highest BCUT2D eigenvalue weighted by Gasteiger charge is 2.11. The van der Waals surface area contributed by atoms with Crippen LogP contribution in [0.4, 0.5) is 0 Å². The average Bonchev–Trinajstić information content (AvgIpc) is 2.31. The lowest BCUT2D eigenvalue weighted by Crippen LogP contribution is -2.30. The van der Waals surface area contributed by atoms with Crippen LogP contribution in [0, 0.1) is 11.3 Å². The van der Waals surface area contributed by atoms with Gasteiger partial charge in [-0.3, -0.25) is 4.79 Å². The van der Waals surface area contributed by atoms with Crippen LogP contribution < -0.4 is 5.32 Å². The number of nitrogens with zero attached hydrogens (tertiary/aromatic N) is 1. The molecule has 0 radical (unpaired) electrons. The highest BCUT2D eigenvalue weighted by atomic mass is 79.9. The minimum Gasteiger partial charge on any atom is -0.505 e. The van der Waals surface area contributed by atoms with E-state index in [2.05, 4.69) is 21.2 Å². The van der Waals surface area contributed by atoms with Gasteiger partial charge in [0, 0.05) is 6.04 Å². The molecule has 6 heteroatoms. The Kier molecular flexibility index (Phi) is 5.40. The molecule has 0 bridgehead atoms. The Balaban J connectivity index is 3.12. The van der Waals surface area contributed by atoms with Crippen LogP contribution in [0.15, 0.2) is 22.2 Å². The average molecular weight is 344 g/mol. The third-order valence-corrected chi connectivity index (χ3v) is 3.03. The third kappa shape index (κ3) is 4.27. The number of benzene rings is 1. The van der Waals surface area contributed by atoms with Crippen molar-refractivity contribution in [1.82, 2.24) is 5.32 Å². The molecule has 1 aromatic carbocycles. The van der Waals surface area contributed by atoms with Crippen molar-refractivity contribution in [3.8, 4) is 11.8 Å². The number of carbonyl (C=O) groups is 1. The summed E-state index contributed by atoms with van der Waals surface area (Å²) >= 11 is 8.96. The second-order valence-electron chi connectivity index (χ2n) is 4.13. The molecule has 1 rings (SSSR count). The van der Waals surface area contributed by atoms with Crippen molar-refractivity contribution in [2.24, 2.45) is 0 Å². The minimum absolute atomic E-state index is 0.0256. The number of nitrogens with one attached hydrogen (secondary N) is 1. The molecule has 0 atom stereocenters. The topological polar surface area (TPSA) is 73.1 Å². The van der Waals surface area contributed by atoms with Gasteiger partial charge in [-0.2, -0.15) is 5.26 Å².